The topological polar surface area (TPSA) is 55.4 Å². The highest BCUT2D eigenvalue weighted by molar-refractivity contribution is 5.76. The molecule has 1 radical (unpaired) electrons. The molecule has 54 heavy (non-hydrogen) atoms. The molecule has 0 spiro atoms. The van der Waals surface area contributed by atoms with Crippen LogP contribution in [0.1, 0.15) is 125 Å². The fourth-order valence-electron chi connectivity index (χ4n) is 8.56. The summed E-state index contributed by atoms with van der Waals surface area (Å²) in [6.07, 6.45) is 9.85. The summed E-state index contributed by atoms with van der Waals surface area (Å²) in [7, 11) is 0. The van der Waals surface area contributed by atoms with E-state index in [4.69, 9.17) is 28.4 Å². The van der Waals surface area contributed by atoms with Crippen LogP contribution >= 0.6 is 0 Å². The third kappa shape index (κ3) is 7.50. The van der Waals surface area contributed by atoms with Gasteiger partial charge in [-0.15, -0.1) is 0 Å². The zero-order chi connectivity index (χ0) is 37.5. The molecular weight excluding hydrogens is 673 g/mol. The second kappa shape index (κ2) is 15.1. The van der Waals surface area contributed by atoms with Crippen molar-refractivity contribution in [1.82, 2.24) is 0 Å². The lowest BCUT2D eigenvalue weighted by Gasteiger charge is -2.36. The Hall–Kier alpha value is -4.32. The average molecular weight is 730 g/mol. The molecule has 4 aromatic rings. The maximum absolute atomic E-state index is 6.70. The van der Waals surface area contributed by atoms with E-state index in [1.54, 1.807) is 0 Å². The third-order valence-electron chi connectivity index (χ3n) is 11.8. The van der Waals surface area contributed by atoms with Gasteiger partial charge in [0.1, 0.15) is 45.7 Å². The van der Waals surface area contributed by atoms with Crippen molar-refractivity contribution in [1.29, 1.82) is 0 Å². The lowest BCUT2D eigenvalue weighted by atomic mass is 9.82. The summed E-state index contributed by atoms with van der Waals surface area (Å²) in [5.41, 5.74) is 9.21. The highest BCUT2D eigenvalue weighted by Gasteiger charge is 2.35. The van der Waals surface area contributed by atoms with Gasteiger partial charge in [0.05, 0.1) is 26.4 Å². The van der Waals surface area contributed by atoms with Gasteiger partial charge in [0.25, 0.3) is 0 Å². The maximum atomic E-state index is 6.70. The number of rotatable bonds is 11. The average Bonchev–Trinajstić information content (AvgIpc) is 3.16. The summed E-state index contributed by atoms with van der Waals surface area (Å²) in [6, 6.07) is 23.4. The summed E-state index contributed by atoms with van der Waals surface area (Å²) in [5.74, 6) is 6.04. The summed E-state index contributed by atoms with van der Waals surface area (Å²) >= 11 is 0. The van der Waals surface area contributed by atoms with E-state index in [9.17, 15) is 0 Å². The molecule has 285 valence electrons. The lowest BCUT2D eigenvalue weighted by Crippen LogP contribution is -2.33. The molecule has 4 aliphatic heterocycles. The van der Waals surface area contributed by atoms with E-state index in [1.165, 1.54) is 27.8 Å². The van der Waals surface area contributed by atoms with Gasteiger partial charge in [-0.3, -0.25) is 0 Å². The summed E-state index contributed by atoms with van der Waals surface area (Å²) in [6.45, 7) is 15.6. The number of unbranched alkanes of at least 4 members (excludes halogenated alkanes) is 2. The van der Waals surface area contributed by atoms with Crippen molar-refractivity contribution in [2.75, 3.05) is 26.4 Å². The smallest absolute Gasteiger partial charge is 0.129 e. The molecule has 0 saturated heterocycles. The Bertz CT molecular complexity index is 1990. The molecular formula is C48H57O6. The number of ether oxygens (including phenoxy) is 6. The Morgan fingerprint density at radius 1 is 0.685 bits per heavy atom. The van der Waals surface area contributed by atoms with E-state index in [2.05, 4.69) is 102 Å². The molecule has 0 aromatic heterocycles. The standard InChI is InChI=1S/C48H57O6/c1-7-9-23-49-36-14-15-37(35-26-33-13-18-44-39(46(33)52-30-35)20-22-48(5,6)54-44)40(28-36)41-27-31(11-16-42(41)50-24-10-8-2)34-25-32-12-17-43-38(45(32)51-29-34)19-21-47(3,4)53-43/h12-18,27-28,34-35H,7-10,19-26,29-30H2,1-6H3/t34-,35-/m1/s1. The first-order valence-electron chi connectivity index (χ1n) is 20.5. The fraction of sp³-hybridized carbons (Fsp3) is 0.500. The molecule has 8 rings (SSSR count). The molecule has 6 nitrogen and oxygen atoms in total. The van der Waals surface area contributed by atoms with E-state index in [-0.39, 0.29) is 23.0 Å². The molecule has 0 bridgehead atoms. The van der Waals surface area contributed by atoms with Gasteiger partial charge < -0.3 is 28.4 Å². The molecule has 4 aromatic carbocycles. The first-order chi connectivity index (χ1) is 26.1. The molecule has 4 heterocycles. The van der Waals surface area contributed by atoms with Crippen LogP contribution in [-0.2, 0) is 25.7 Å². The van der Waals surface area contributed by atoms with E-state index < -0.39 is 0 Å². The predicted molar refractivity (Wildman–Crippen MR) is 214 cm³/mol. The normalized spacial score (nSPS) is 20.4. The van der Waals surface area contributed by atoms with E-state index in [0.717, 1.165) is 115 Å². The molecule has 0 N–H and O–H groups in total. The van der Waals surface area contributed by atoms with Crippen molar-refractivity contribution in [2.24, 2.45) is 0 Å². The van der Waals surface area contributed by atoms with Gasteiger partial charge >= 0.3 is 0 Å². The molecule has 0 saturated carbocycles. The predicted octanol–water partition coefficient (Wildman–Crippen LogP) is 11.2. The van der Waals surface area contributed by atoms with Gasteiger partial charge in [-0.05, 0) is 149 Å². The number of hydrogen-bond acceptors (Lipinski definition) is 6. The second-order valence-electron chi connectivity index (χ2n) is 17.0. The molecule has 4 aliphatic rings. The van der Waals surface area contributed by atoms with Crippen LogP contribution in [0.4, 0.5) is 0 Å². The van der Waals surface area contributed by atoms with Gasteiger partial charge in [0.2, 0.25) is 0 Å². The van der Waals surface area contributed by atoms with Crippen LogP contribution in [0.3, 0.4) is 0 Å². The Morgan fingerprint density at radius 2 is 1.28 bits per heavy atom. The van der Waals surface area contributed by atoms with Crippen LogP contribution in [0.2, 0.25) is 0 Å². The zero-order valence-corrected chi connectivity index (χ0v) is 33.2. The Kier molecular flexibility index (Phi) is 10.2. The fourth-order valence-corrected chi connectivity index (χ4v) is 8.56. The Balaban J connectivity index is 1.15. The molecule has 6 heteroatoms. The van der Waals surface area contributed by atoms with Crippen molar-refractivity contribution in [3.05, 3.63) is 94.0 Å². The van der Waals surface area contributed by atoms with Crippen molar-refractivity contribution < 1.29 is 28.4 Å². The molecule has 0 fully saturated rings. The highest BCUT2D eigenvalue weighted by Crippen LogP contribution is 2.48. The number of fused-ring (bicyclic) bond motifs is 6. The van der Waals surface area contributed by atoms with Crippen LogP contribution in [0.25, 0.3) is 11.1 Å². The van der Waals surface area contributed by atoms with Gasteiger partial charge in [-0.25, -0.2) is 0 Å². The van der Waals surface area contributed by atoms with E-state index >= 15 is 0 Å². The molecule has 0 aliphatic carbocycles. The van der Waals surface area contributed by atoms with Crippen LogP contribution in [0, 0.1) is 6.07 Å². The van der Waals surface area contributed by atoms with Crippen LogP contribution < -0.4 is 28.4 Å². The third-order valence-corrected chi connectivity index (χ3v) is 11.8. The second-order valence-corrected chi connectivity index (χ2v) is 17.0. The Morgan fingerprint density at radius 3 is 1.91 bits per heavy atom. The first kappa shape index (κ1) is 36.6. The minimum atomic E-state index is -0.157. The van der Waals surface area contributed by atoms with Crippen LogP contribution in [0.5, 0.6) is 34.5 Å². The van der Waals surface area contributed by atoms with Crippen LogP contribution in [0.15, 0.2) is 54.6 Å². The maximum Gasteiger partial charge on any atom is 0.129 e. The quantitative estimate of drug-likeness (QED) is 0.143. The summed E-state index contributed by atoms with van der Waals surface area (Å²) in [4.78, 5) is 0. The largest absolute Gasteiger partial charge is 0.494 e. The van der Waals surface area contributed by atoms with E-state index in [1.807, 2.05) is 0 Å². The molecule has 0 amide bonds. The lowest BCUT2D eigenvalue weighted by molar-refractivity contribution is 0.0822. The zero-order valence-electron chi connectivity index (χ0n) is 33.2. The van der Waals surface area contributed by atoms with Crippen molar-refractivity contribution in [3.63, 3.8) is 0 Å². The monoisotopic (exact) mass is 729 g/mol. The van der Waals surface area contributed by atoms with Gasteiger partial charge in [0, 0.05) is 28.5 Å². The van der Waals surface area contributed by atoms with Gasteiger partial charge in [0.15, 0.2) is 0 Å². The van der Waals surface area contributed by atoms with Crippen molar-refractivity contribution in [3.8, 4) is 45.6 Å². The molecule has 2 atom stereocenters. The SMILES string of the molecule is CCCCOc1ccc([C@H]2COc3c(ccc4c3CCC(C)(C)O4)C2)c(-c2cc([C@H]3COc4c(ccc5c4CCC(C)(C)O5)C3)[c]cc2OCCCC)c1. The Labute approximate surface area is 322 Å². The van der Waals surface area contributed by atoms with Crippen molar-refractivity contribution in [2.45, 2.75) is 129 Å². The van der Waals surface area contributed by atoms with Gasteiger partial charge in [-0.2, -0.15) is 0 Å². The minimum absolute atomic E-state index is 0.152. The molecule has 0 unspecified atom stereocenters. The first-order valence-corrected chi connectivity index (χ1v) is 20.5. The number of hydrogen-bond donors (Lipinski definition) is 0. The van der Waals surface area contributed by atoms with Gasteiger partial charge in [-0.1, -0.05) is 44.9 Å². The van der Waals surface area contributed by atoms with Crippen LogP contribution in [-0.4, -0.2) is 37.6 Å². The minimum Gasteiger partial charge on any atom is -0.494 e. The van der Waals surface area contributed by atoms with Crippen molar-refractivity contribution >= 4 is 0 Å². The summed E-state index contributed by atoms with van der Waals surface area (Å²) < 4.78 is 38.9. The van der Waals surface area contributed by atoms with E-state index in [0.29, 0.717) is 26.4 Å². The highest BCUT2D eigenvalue weighted by atomic mass is 16.5. The number of benzene rings is 4. The summed E-state index contributed by atoms with van der Waals surface area (Å²) in [5, 5.41) is 0.